The quantitative estimate of drug-likeness (QED) is 0.886. The predicted molar refractivity (Wildman–Crippen MR) is 76.3 cm³/mol. The van der Waals surface area contributed by atoms with Crippen LogP contribution in [0.25, 0.3) is 0 Å². The molecule has 104 valence electrons. The van der Waals surface area contributed by atoms with Gasteiger partial charge in [0.2, 0.25) is 0 Å². The Hall–Kier alpha value is -1.62. The van der Waals surface area contributed by atoms with E-state index in [0.717, 1.165) is 31.6 Å². The molecule has 1 aliphatic heterocycles. The van der Waals surface area contributed by atoms with Crippen molar-refractivity contribution in [2.45, 2.75) is 25.3 Å². The highest BCUT2D eigenvalue weighted by Crippen LogP contribution is 2.19. The van der Waals surface area contributed by atoms with Crippen LogP contribution in [0.3, 0.4) is 0 Å². The molecule has 1 amide bonds. The fraction of sp³-hybridized carbons (Fsp3) is 0.571. The van der Waals surface area contributed by atoms with E-state index in [1.807, 2.05) is 36.0 Å². The summed E-state index contributed by atoms with van der Waals surface area (Å²) in [5.41, 5.74) is 6.40. The standard InChI is InChI=1S/C14H22N4O/c1-17(2)13-7-6-11(10-16-13)14(19)18-8-4-3-5-12(18)9-15/h6-7,10,12H,3-5,8-9,15H2,1-2H3/t12-/m0/s1. The normalized spacial score (nSPS) is 19.3. The van der Waals surface area contributed by atoms with Gasteiger partial charge in [0.25, 0.3) is 5.91 Å². The van der Waals surface area contributed by atoms with Crippen molar-refractivity contribution in [1.29, 1.82) is 0 Å². The van der Waals surface area contributed by atoms with E-state index in [0.29, 0.717) is 12.1 Å². The van der Waals surface area contributed by atoms with E-state index in [-0.39, 0.29) is 11.9 Å². The average Bonchev–Trinajstić information content (AvgIpc) is 2.46. The number of likely N-dealkylation sites (tertiary alicyclic amines) is 1. The molecule has 5 heteroatoms. The molecule has 1 aromatic heterocycles. The van der Waals surface area contributed by atoms with Crippen LogP contribution in [-0.4, -0.2) is 49.0 Å². The van der Waals surface area contributed by atoms with Crippen LogP contribution in [0.2, 0.25) is 0 Å². The highest BCUT2D eigenvalue weighted by atomic mass is 16.2. The maximum absolute atomic E-state index is 12.5. The molecule has 5 nitrogen and oxygen atoms in total. The molecule has 2 heterocycles. The second-order valence-corrected chi connectivity index (χ2v) is 5.18. The van der Waals surface area contributed by atoms with Gasteiger partial charge in [-0.3, -0.25) is 4.79 Å². The first-order valence-corrected chi connectivity index (χ1v) is 6.78. The summed E-state index contributed by atoms with van der Waals surface area (Å²) in [4.78, 5) is 20.6. The monoisotopic (exact) mass is 262 g/mol. The number of piperidine rings is 1. The Bertz CT molecular complexity index is 430. The van der Waals surface area contributed by atoms with E-state index in [1.54, 1.807) is 6.20 Å². The number of carbonyl (C=O) groups is 1. The smallest absolute Gasteiger partial charge is 0.255 e. The van der Waals surface area contributed by atoms with Gasteiger partial charge in [0.15, 0.2) is 0 Å². The molecular formula is C14H22N4O. The summed E-state index contributed by atoms with van der Waals surface area (Å²) in [5, 5.41) is 0. The minimum Gasteiger partial charge on any atom is -0.363 e. The Balaban J connectivity index is 2.13. The van der Waals surface area contributed by atoms with Crippen molar-refractivity contribution in [2.24, 2.45) is 5.73 Å². The molecule has 0 bridgehead atoms. The van der Waals surface area contributed by atoms with E-state index in [4.69, 9.17) is 5.73 Å². The molecule has 0 aromatic carbocycles. The van der Waals surface area contributed by atoms with Crippen molar-refractivity contribution in [2.75, 3.05) is 32.1 Å². The van der Waals surface area contributed by atoms with Gasteiger partial charge in [-0.25, -0.2) is 4.98 Å². The summed E-state index contributed by atoms with van der Waals surface area (Å²) in [6.45, 7) is 1.34. The van der Waals surface area contributed by atoms with E-state index >= 15 is 0 Å². The summed E-state index contributed by atoms with van der Waals surface area (Å²) >= 11 is 0. The van der Waals surface area contributed by atoms with Gasteiger partial charge >= 0.3 is 0 Å². The highest BCUT2D eigenvalue weighted by molar-refractivity contribution is 5.94. The lowest BCUT2D eigenvalue weighted by Crippen LogP contribution is -2.47. The van der Waals surface area contributed by atoms with E-state index in [9.17, 15) is 4.79 Å². The molecule has 19 heavy (non-hydrogen) atoms. The maximum atomic E-state index is 12.5. The number of carbonyl (C=O) groups excluding carboxylic acids is 1. The van der Waals surface area contributed by atoms with E-state index < -0.39 is 0 Å². The minimum absolute atomic E-state index is 0.0490. The van der Waals surface area contributed by atoms with Crippen LogP contribution in [0.5, 0.6) is 0 Å². The van der Waals surface area contributed by atoms with Crippen LogP contribution in [0.1, 0.15) is 29.6 Å². The van der Waals surface area contributed by atoms with Gasteiger partial charge in [-0.15, -0.1) is 0 Å². The van der Waals surface area contributed by atoms with E-state index in [1.165, 1.54) is 0 Å². The van der Waals surface area contributed by atoms with E-state index in [2.05, 4.69) is 4.98 Å². The zero-order chi connectivity index (χ0) is 13.8. The Morgan fingerprint density at radius 1 is 1.47 bits per heavy atom. The van der Waals surface area contributed by atoms with Crippen LogP contribution in [0.4, 0.5) is 5.82 Å². The molecule has 2 rings (SSSR count). The van der Waals surface area contributed by atoms with Crippen LogP contribution in [0.15, 0.2) is 18.3 Å². The first-order chi connectivity index (χ1) is 9.13. The molecule has 1 aliphatic rings. The zero-order valence-corrected chi connectivity index (χ0v) is 11.7. The third-order valence-corrected chi connectivity index (χ3v) is 3.61. The summed E-state index contributed by atoms with van der Waals surface area (Å²) in [6, 6.07) is 3.89. The third-order valence-electron chi connectivity index (χ3n) is 3.61. The molecule has 2 N–H and O–H groups in total. The largest absolute Gasteiger partial charge is 0.363 e. The molecule has 1 aromatic rings. The Morgan fingerprint density at radius 3 is 2.84 bits per heavy atom. The molecule has 0 aliphatic carbocycles. The van der Waals surface area contributed by atoms with Crippen molar-refractivity contribution in [3.63, 3.8) is 0 Å². The first kappa shape index (κ1) is 13.8. The average molecular weight is 262 g/mol. The number of hydrogen-bond donors (Lipinski definition) is 1. The Morgan fingerprint density at radius 2 is 2.26 bits per heavy atom. The summed E-state index contributed by atoms with van der Waals surface area (Å²) < 4.78 is 0. The molecule has 0 radical (unpaired) electrons. The van der Waals surface area contributed by atoms with Crippen LogP contribution in [-0.2, 0) is 0 Å². The van der Waals surface area contributed by atoms with Gasteiger partial charge in [0.05, 0.1) is 5.56 Å². The van der Waals surface area contributed by atoms with Gasteiger partial charge in [0.1, 0.15) is 5.82 Å². The number of anilines is 1. The number of nitrogens with zero attached hydrogens (tertiary/aromatic N) is 3. The Kier molecular flexibility index (Phi) is 4.37. The highest BCUT2D eigenvalue weighted by Gasteiger charge is 2.26. The van der Waals surface area contributed by atoms with Crippen molar-refractivity contribution < 1.29 is 4.79 Å². The number of hydrogen-bond acceptors (Lipinski definition) is 4. The molecule has 1 atom stereocenters. The Labute approximate surface area is 114 Å². The van der Waals surface area contributed by atoms with Gasteiger partial charge in [0, 0.05) is 39.4 Å². The van der Waals surface area contributed by atoms with Crippen LogP contribution >= 0.6 is 0 Å². The molecular weight excluding hydrogens is 240 g/mol. The topological polar surface area (TPSA) is 62.5 Å². The zero-order valence-electron chi connectivity index (χ0n) is 11.7. The fourth-order valence-corrected chi connectivity index (χ4v) is 2.46. The summed E-state index contributed by atoms with van der Waals surface area (Å²) in [7, 11) is 3.86. The molecule has 0 saturated carbocycles. The summed E-state index contributed by atoms with van der Waals surface area (Å²) in [5.74, 6) is 0.901. The van der Waals surface area contributed by atoms with Gasteiger partial charge in [-0.1, -0.05) is 0 Å². The second kappa shape index (κ2) is 6.02. The third kappa shape index (κ3) is 3.04. The van der Waals surface area contributed by atoms with Gasteiger partial charge in [-0.2, -0.15) is 0 Å². The van der Waals surface area contributed by atoms with Crippen molar-refractivity contribution in [3.8, 4) is 0 Å². The SMILES string of the molecule is CN(C)c1ccc(C(=O)N2CCCC[C@H]2CN)cn1. The lowest BCUT2D eigenvalue weighted by Gasteiger charge is -2.35. The van der Waals surface area contributed by atoms with Crippen LogP contribution < -0.4 is 10.6 Å². The van der Waals surface area contributed by atoms with Crippen molar-refractivity contribution >= 4 is 11.7 Å². The number of rotatable bonds is 3. The van der Waals surface area contributed by atoms with Crippen molar-refractivity contribution in [3.05, 3.63) is 23.9 Å². The second-order valence-electron chi connectivity index (χ2n) is 5.18. The lowest BCUT2D eigenvalue weighted by atomic mass is 10.0. The fourth-order valence-electron chi connectivity index (χ4n) is 2.46. The molecule has 0 spiro atoms. The molecule has 1 saturated heterocycles. The number of amides is 1. The lowest BCUT2D eigenvalue weighted by molar-refractivity contribution is 0.0623. The first-order valence-electron chi connectivity index (χ1n) is 6.78. The number of aromatic nitrogens is 1. The van der Waals surface area contributed by atoms with Gasteiger partial charge in [-0.05, 0) is 31.4 Å². The minimum atomic E-state index is 0.0490. The molecule has 0 unspecified atom stereocenters. The van der Waals surface area contributed by atoms with Crippen LogP contribution in [0, 0.1) is 0 Å². The number of nitrogens with two attached hydrogens (primary N) is 1. The van der Waals surface area contributed by atoms with Crippen molar-refractivity contribution in [1.82, 2.24) is 9.88 Å². The molecule has 1 fully saturated rings. The summed E-state index contributed by atoms with van der Waals surface area (Å²) in [6.07, 6.45) is 4.88. The maximum Gasteiger partial charge on any atom is 0.255 e. The predicted octanol–water partition coefficient (Wildman–Crippen LogP) is 1.10. The number of pyridine rings is 1. The van der Waals surface area contributed by atoms with Gasteiger partial charge < -0.3 is 15.5 Å².